The van der Waals surface area contributed by atoms with Gasteiger partial charge in [0.2, 0.25) is 0 Å². The number of fused-ring (bicyclic) bond motifs is 5. The standard InChI is InChI=1S/C31H42O3/c1-20(19-34-28(33)21-9-7-6-8-10-21)23-12-13-24-22-11-14-26-29(2,3)27(32)16-18-31(26,5)25(22)15-17-30(23,24)4/h6-11,14,20,23-25,27,32H,12-13,15-19H2,1-5H3/t20-,23-,24+,25+,27?,30-,31-/m1/s1. The first-order chi connectivity index (χ1) is 16.1. The number of esters is 1. The van der Waals surface area contributed by atoms with Gasteiger partial charge in [0.05, 0.1) is 18.3 Å². The Morgan fingerprint density at radius 2 is 1.74 bits per heavy atom. The van der Waals surface area contributed by atoms with Crippen LogP contribution in [0.4, 0.5) is 0 Å². The third-order valence-corrected chi connectivity index (χ3v) is 10.7. The van der Waals surface area contributed by atoms with Gasteiger partial charge < -0.3 is 9.84 Å². The lowest BCUT2D eigenvalue weighted by molar-refractivity contribution is -0.0198. The normalized spacial score (nSPS) is 39.1. The number of aliphatic hydroxyl groups excluding tert-OH is 1. The van der Waals surface area contributed by atoms with Gasteiger partial charge in [0.15, 0.2) is 0 Å². The van der Waals surface area contributed by atoms with E-state index in [1.807, 2.05) is 30.3 Å². The highest BCUT2D eigenvalue weighted by atomic mass is 16.5. The van der Waals surface area contributed by atoms with Crippen molar-refractivity contribution in [1.82, 2.24) is 0 Å². The van der Waals surface area contributed by atoms with Crippen LogP contribution in [0.5, 0.6) is 0 Å². The zero-order valence-corrected chi connectivity index (χ0v) is 21.6. The van der Waals surface area contributed by atoms with Crippen LogP contribution in [-0.2, 0) is 4.74 Å². The predicted octanol–water partition coefficient (Wildman–Crippen LogP) is 6.98. The maximum Gasteiger partial charge on any atom is 0.338 e. The molecule has 4 aliphatic rings. The fourth-order valence-electron chi connectivity index (χ4n) is 8.66. The lowest BCUT2D eigenvalue weighted by Gasteiger charge is -2.58. The first-order valence-electron chi connectivity index (χ1n) is 13.4. The average Bonchev–Trinajstić information content (AvgIpc) is 3.18. The van der Waals surface area contributed by atoms with E-state index in [2.05, 4.69) is 46.8 Å². The fraction of sp³-hybridized carbons (Fsp3) is 0.645. The topological polar surface area (TPSA) is 46.5 Å². The van der Waals surface area contributed by atoms with Crippen LogP contribution in [0.1, 0.15) is 83.5 Å². The van der Waals surface area contributed by atoms with Gasteiger partial charge in [-0.25, -0.2) is 4.79 Å². The molecule has 0 bridgehead atoms. The quantitative estimate of drug-likeness (QED) is 0.491. The van der Waals surface area contributed by atoms with Crippen LogP contribution >= 0.6 is 0 Å². The van der Waals surface area contributed by atoms with Crippen molar-refractivity contribution in [3.05, 3.63) is 59.2 Å². The molecular weight excluding hydrogens is 420 g/mol. The van der Waals surface area contributed by atoms with Gasteiger partial charge in [-0.1, -0.05) is 76.1 Å². The van der Waals surface area contributed by atoms with Crippen molar-refractivity contribution < 1.29 is 14.6 Å². The number of hydrogen-bond acceptors (Lipinski definition) is 3. The van der Waals surface area contributed by atoms with Crippen LogP contribution in [0.25, 0.3) is 0 Å². The largest absolute Gasteiger partial charge is 0.462 e. The van der Waals surface area contributed by atoms with E-state index in [0.29, 0.717) is 35.8 Å². The lowest BCUT2D eigenvalue weighted by Crippen LogP contribution is -2.51. The minimum atomic E-state index is -0.245. The van der Waals surface area contributed by atoms with Gasteiger partial charge in [-0.05, 0) is 85.2 Å². The van der Waals surface area contributed by atoms with Crippen LogP contribution in [0, 0.1) is 39.9 Å². The van der Waals surface area contributed by atoms with Crippen molar-refractivity contribution in [2.24, 2.45) is 39.9 Å². The molecular formula is C31H42O3. The highest BCUT2D eigenvalue weighted by molar-refractivity contribution is 5.89. The Morgan fingerprint density at radius 3 is 2.47 bits per heavy atom. The summed E-state index contributed by atoms with van der Waals surface area (Å²) in [5.74, 6) is 1.94. The number of ether oxygens (including phenoxy) is 1. The molecule has 34 heavy (non-hydrogen) atoms. The number of carbonyl (C=O) groups is 1. The van der Waals surface area contributed by atoms with Crippen molar-refractivity contribution in [2.45, 2.75) is 79.2 Å². The van der Waals surface area contributed by atoms with Crippen LogP contribution in [0.15, 0.2) is 53.6 Å². The maximum atomic E-state index is 12.5. The molecule has 3 nitrogen and oxygen atoms in total. The van der Waals surface area contributed by atoms with E-state index in [4.69, 9.17) is 4.74 Å². The van der Waals surface area contributed by atoms with Gasteiger partial charge in [0.25, 0.3) is 0 Å². The summed E-state index contributed by atoms with van der Waals surface area (Å²) in [6.45, 7) is 12.2. The number of carbonyl (C=O) groups excluding carboxylic acids is 1. The van der Waals surface area contributed by atoms with Gasteiger partial charge in [0, 0.05) is 5.41 Å². The molecule has 0 radical (unpaired) electrons. The third-order valence-electron chi connectivity index (χ3n) is 10.7. The Labute approximate surface area is 205 Å². The van der Waals surface area contributed by atoms with Crippen LogP contribution in [0.2, 0.25) is 0 Å². The Morgan fingerprint density at radius 1 is 1.00 bits per heavy atom. The van der Waals surface area contributed by atoms with E-state index in [9.17, 15) is 9.90 Å². The summed E-state index contributed by atoms with van der Waals surface area (Å²) >= 11 is 0. The molecule has 5 rings (SSSR count). The van der Waals surface area contributed by atoms with Crippen LogP contribution in [0.3, 0.4) is 0 Å². The molecule has 1 aromatic rings. The molecule has 0 heterocycles. The molecule has 184 valence electrons. The molecule has 1 aromatic carbocycles. The van der Waals surface area contributed by atoms with Crippen molar-refractivity contribution in [3.8, 4) is 0 Å². The predicted molar refractivity (Wildman–Crippen MR) is 136 cm³/mol. The van der Waals surface area contributed by atoms with E-state index < -0.39 is 0 Å². The van der Waals surface area contributed by atoms with Gasteiger partial charge in [-0.15, -0.1) is 0 Å². The zero-order chi connectivity index (χ0) is 24.3. The Balaban J connectivity index is 1.34. The Kier molecular flexibility index (Phi) is 5.87. The summed E-state index contributed by atoms with van der Waals surface area (Å²) in [5.41, 5.74) is 4.06. The second kappa shape index (κ2) is 8.36. The number of aliphatic hydroxyl groups is 1. The molecule has 4 aliphatic carbocycles. The second-order valence-electron chi connectivity index (χ2n) is 12.7. The monoisotopic (exact) mass is 462 g/mol. The SMILES string of the molecule is C[C@H](COC(=O)c1ccccc1)[C@H]1CC[C@H]2C3=CC=C4C(C)(C)C(O)CC[C@]4(C)[C@H]3CC[C@]12C. The minimum Gasteiger partial charge on any atom is -0.462 e. The first kappa shape index (κ1) is 23.9. The minimum absolute atomic E-state index is 0.148. The molecule has 3 saturated carbocycles. The second-order valence-corrected chi connectivity index (χ2v) is 12.7. The third kappa shape index (κ3) is 3.53. The van der Waals surface area contributed by atoms with E-state index >= 15 is 0 Å². The smallest absolute Gasteiger partial charge is 0.338 e. The summed E-state index contributed by atoms with van der Waals surface area (Å²) in [7, 11) is 0. The van der Waals surface area contributed by atoms with Crippen molar-refractivity contribution in [2.75, 3.05) is 6.61 Å². The molecule has 7 atom stereocenters. The lowest BCUT2D eigenvalue weighted by atomic mass is 9.47. The van der Waals surface area contributed by atoms with Gasteiger partial charge in [-0.2, -0.15) is 0 Å². The van der Waals surface area contributed by atoms with E-state index in [1.165, 1.54) is 31.3 Å². The molecule has 1 unspecified atom stereocenters. The van der Waals surface area contributed by atoms with Crippen molar-refractivity contribution >= 4 is 5.97 Å². The molecule has 0 saturated heterocycles. The molecule has 3 fully saturated rings. The van der Waals surface area contributed by atoms with Crippen LogP contribution in [-0.4, -0.2) is 23.8 Å². The van der Waals surface area contributed by atoms with Crippen molar-refractivity contribution in [3.63, 3.8) is 0 Å². The zero-order valence-electron chi connectivity index (χ0n) is 21.6. The summed E-state index contributed by atoms with van der Waals surface area (Å²) in [6.07, 6.45) is 11.5. The van der Waals surface area contributed by atoms with Gasteiger partial charge in [0.1, 0.15) is 0 Å². The van der Waals surface area contributed by atoms with E-state index in [-0.39, 0.29) is 28.3 Å². The molecule has 0 aliphatic heterocycles. The summed E-state index contributed by atoms with van der Waals surface area (Å²) in [6, 6.07) is 9.33. The highest BCUT2D eigenvalue weighted by Crippen LogP contribution is 2.67. The highest BCUT2D eigenvalue weighted by Gasteiger charge is 2.59. The molecule has 3 heteroatoms. The number of benzene rings is 1. The van der Waals surface area contributed by atoms with E-state index in [1.54, 1.807) is 5.57 Å². The summed E-state index contributed by atoms with van der Waals surface area (Å²) < 4.78 is 5.77. The number of rotatable bonds is 4. The summed E-state index contributed by atoms with van der Waals surface area (Å²) in [5, 5.41) is 10.7. The average molecular weight is 463 g/mol. The Bertz CT molecular complexity index is 1000. The first-order valence-corrected chi connectivity index (χ1v) is 13.4. The molecule has 1 N–H and O–H groups in total. The van der Waals surface area contributed by atoms with Gasteiger partial charge >= 0.3 is 5.97 Å². The van der Waals surface area contributed by atoms with Gasteiger partial charge in [-0.3, -0.25) is 0 Å². The van der Waals surface area contributed by atoms with Crippen molar-refractivity contribution in [1.29, 1.82) is 0 Å². The molecule has 0 spiro atoms. The summed E-state index contributed by atoms with van der Waals surface area (Å²) in [4.78, 5) is 12.5. The number of hydrogen-bond donors (Lipinski definition) is 1. The maximum absolute atomic E-state index is 12.5. The molecule has 0 amide bonds. The Hall–Kier alpha value is -1.87. The number of allylic oxidation sites excluding steroid dienone is 3. The van der Waals surface area contributed by atoms with E-state index in [0.717, 1.165) is 12.8 Å². The van der Waals surface area contributed by atoms with Crippen LogP contribution < -0.4 is 0 Å². The fourth-order valence-corrected chi connectivity index (χ4v) is 8.66. The molecule has 0 aromatic heterocycles.